The molecule has 0 aromatic carbocycles. The summed E-state index contributed by atoms with van der Waals surface area (Å²) in [7, 11) is 0. The van der Waals surface area contributed by atoms with Gasteiger partial charge < -0.3 is 0 Å². The van der Waals surface area contributed by atoms with Crippen molar-refractivity contribution in [3.05, 3.63) is 11.6 Å². The topological polar surface area (TPSA) is 0 Å². The maximum Gasteiger partial charge on any atom is -0.0320 e. The van der Waals surface area contributed by atoms with Gasteiger partial charge >= 0.3 is 0 Å². The maximum atomic E-state index is 2.42. The van der Waals surface area contributed by atoms with Gasteiger partial charge in [0.05, 0.1) is 0 Å². The minimum absolute atomic E-state index is 0.981. The highest BCUT2D eigenvalue weighted by molar-refractivity contribution is 5.00. The quantitative estimate of drug-likeness (QED) is 0.349. The van der Waals surface area contributed by atoms with E-state index in [0.717, 1.165) is 17.8 Å². The molecule has 1 rings (SSSR count). The molecule has 0 heteroatoms. The fourth-order valence-electron chi connectivity index (χ4n) is 4.03. The SMILES string of the molecule is CC/C=C(\CC)CCCC(CC)CCC.CCC1CCC(C)CC1. The van der Waals surface area contributed by atoms with Gasteiger partial charge in [-0.05, 0) is 43.4 Å². The van der Waals surface area contributed by atoms with Gasteiger partial charge in [0.25, 0.3) is 0 Å². The molecule has 24 heavy (non-hydrogen) atoms. The second kappa shape index (κ2) is 16.2. The van der Waals surface area contributed by atoms with Crippen LogP contribution >= 0.6 is 0 Å². The molecule has 0 saturated heterocycles. The highest BCUT2D eigenvalue weighted by atomic mass is 14.2. The van der Waals surface area contributed by atoms with Gasteiger partial charge in [-0.25, -0.2) is 0 Å². The summed E-state index contributed by atoms with van der Waals surface area (Å²) in [6.07, 6.45) is 20.6. The van der Waals surface area contributed by atoms with Crippen molar-refractivity contribution in [2.75, 3.05) is 0 Å². The second-order valence-electron chi connectivity index (χ2n) is 8.11. The summed E-state index contributed by atoms with van der Waals surface area (Å²) in [5.41, 5.74) is 1.67. The van der Waals surface area contributed by atoms with E-state index in [9.17, 15) is 0 Å². The predicted molar refractivity (Wildman–Crippen MR) is 113 cm³/mol. The van der Waals surface area contributed by atoms with E-state index in [1.807, 2.05) is 0 Å². The Hall–Kier alpha value is -0.260. The normalized spacial score (nSPS) is 22.7. The molecule has 1 unspecified atom stereocenters. The van der Waals surface area contributed by atoms with Crippen molar-refractivity contribution in [1.82, 2.24) is 0 Å². The molecule has 0 nitrogen and oxygen atoms in total. The molecule has 0 aliphatic heterocycles. The molecule has 0 N–H and O–H groups in total. The molecular weight excluding hydrogens is 288 g/mol. The summed E-state index contributed by atoms with van der Waals surface area (Å²) >= 11 is 0. The highest BCUT2D eigenvalue weighted by Crippen LogP contribution is 2.29. The first-order chi connectivity index (χ1) is 11.6. The first-order valence-corrected chi connectivity index (χ1v) is 11.3. The van der Waals surface area contributed by atoms with E-state index < -0.39 is 0 Å². The van der Waals surface area contributed by atoms with Crippen LogP contribution in [0.3, 0.4) is 0 Å². The zero-order chi connectivity index (χ0) is 18.2. The summed E-state index contributed by atoms with van der Waals surface area (Å²) in [6, 6.07) is 0. The van der Waals surface area contributed by atoms with E-state index in [4.69, 9.17) is 0 Å². The van der Waals surface area contributed by atoms with Gasteiger partial charge in [-0.2, -0.15) is 0 Å². The summed E-state index contributed by atoms with van der Waals surface area (Å²) in [5.74, 6) is 3.07. The van der Waals surface area contributed by atoms with Gasteiger partial charge in [-0.3, -0.25) is 0 Å². The Kier molecular flexibility index (Phi) is 16.0. The van der Waals surface area contributed by atoms with Crippen LogP contribution in [0.5, 0.6) is 0 Å². The molecule has 0 aromatic rings. The van der Waals surface area contributed by atoms with E-state index in [1.165, 1.54) is 83.5 Å². The molecule has 1 atom stereocenters. The van der Waals surface area contributed by atoms with Crippen molar-refractivity contribution in [3.8, 4) is 0 Å². The van der Waals surface area contributed by atoms with Crippen LogP contribution < -0.4 is 0 Å². The summed E-state index contributed by atoms with van der Waals surface area (Å²) in [4.78, 5) is 0. The van der Waals surface area contributed by atoms with Gasteiger partial charge in [-0.15, -0.1) is 0 Å². The summed E-state index contributed by atoms with van der Waals surface area (Å²) < 4.78 is 0. The lowest BCUT2D eigenvalue weighted by atomic mass is 9.82. The summed E-state index contributed by atoms with van der Waals surface area (Å²) in [6.45, 7) is 13.9. The first kappa shape index (κ1) is 23.7. The largest absolute Gasteiger partial charge is 0.0856 e. The predicted octanol–water partition coefficient (Wildman–Crippen LogP) is 8.95. The lowest BCUT2D eigenvalue weighted by molar-refractivity contribution is 0.284. The maximum absolute atomic E-state index is 2.42. The van der Waals surface area contributed by atoms with E-state index >= 15 is 0 Å². The van der Waals surface area contributed by atoms with Crippen LogP contribution in [-0.2, 0) is 0 Å². The average molecular weight is 337 g/mol. The molecule has 1 saturated carbocycles. The Balaban J connectivity index is 0.000000496. The van der Waals surface area contributed by atoms with Gasteiger partial charge in [0.2, 0.25) is 0 Å². The summed E-state index contributed by atoms with van der Waals surface area (Å²) in [5, 5.41) is 0. The Morgan fingerprint density at radius 2 is 1.62 bits per heavy atom. The smallest absolute Gasteiger partial charge is 0.0320 e. The molecule has 0 spiro atoms. The Bertz CT molecular complexity index is 280. The third-order valence-corrected chi connectivity index (χ3v) is 6.04. The Morgan fingerprint density at radius 1 is 0.958 bits per heavy atom. The van der Waals surface area contributed by atoms with E-state index in [1.54, 1.807) is 5.57 Å². The average Bonchev–Trinajstić information content (AvgIpc) is 2.61. The van der Waals surface area contributed by atoms with Crippen molar-refractivity contribution in [2.24, 2.45) is 17.8 Å². The van der Waals surface area contributed by atoms with Crippen LogP contribution in [0.1, 0.15) is 125 Å². The number of hydrogen-bond donors (Lipinski definition) is 0. The van der Waals surface area contributed by atoms with Crippen LogP contribution in [-0.4, -0.2) is 0 Å². The minimum Gasteiger partial charge on any atom is -0.0856 e. The van der Waals surface area contributed by atoms with Crippen molar-refractivity contribution in [2.45, 2.75) is 125 Å². The van der Waals surface area contributed by atoms with Crippen molar-refractivity contribution >= 4 is 0 Å². The fraction of sp³-hybridized carbons (Fsp3) is 0.917. The second-order valence-corrected chi connectivity index (χ2v) is 8.11. The van der Waals surface area contributed by atoms with E-state index in [-0.39, 0.29) is 0 Å². The van der Waals surface area contributed by atoms with Gasteiger partial charge in [0, 0.05) is 0 Å². The molecule has 144 valence electrons. The number of rotatable bonds is 10. The highest BCUT2D eigenvalue weighted by Gasteiger charge is 2.15. The van der Waals surface area contributed by atoms with Crippen molar-refractivity contribution in [3.63, 3.8) is 0 Å². The van der Waals surface area contributed by atoms with Crippen LogP contribution in [0.25, 0.3) is 0 Å². The molecule has 0 bridgehead atoms. The van der Waals surface area contributed by atoms with Gasteiger partial charge in [0.1, 0.15) is 0 Å². The number of hydrogen-bond acceptors (Lipinski definition) is 0. The third kappa shape index (κ3) is 12.2. The monoisotopic (exact) mass is 336 g/mol. The zero-order valence-corrected chi connectivity index (χ0v) is 18.0. The molecule has 0 radical (unpaired) electrons. The minimum atomic E-state index is 0.981. The van der Waals surface area contributed by atoms with Crippen LogP contribution in [0.4, 0.5) is 0 Å². The molecule has 0 amide bonds. The van der Waals surface area contributed by atoms with Gasteiger partial charge in [-0.1, -0.05) is 111 Å². The molecular formula is C24H48. The van der Waals surface area contributed by atoms with Crippen LogP contribution in [0.2, 0.25) is 0 Å². The number of allylic oxidation sites excluding steroid dienone is 2. The Labute approximate surface area is 154 Å². The van der Waals surface area contributed by atoms with E-state index in [0.29, 0.717) is 0 Å². The standard InChI is InChI=1S/C15H30.C9H18/c1-5-10-14(7-3)12-9-13-15(8-4)11-6-2;1-3-9-6-4-8(2)5-7-9/h10,15H,5-9,11-13H2,1-4H3;8-9H,3-7H2,1-2H3/b14-10+;. The lowest BCUT2D eigenvalue weighted by Crippen LogP contribution is -2.10. The molecule has 0 heterocycles. The molecule has 1 fully saturated rings. The van der Waals surface area contributed by atoms with Gasteiger partial charge in [0.15, 0.2) is 0 Å². The zero-order valence-electron chi connectivity index (χ0n) is 18.0. The van der Waals surface area contributed by atoms with Crippen LogP contribution in [0, 0.1) is 17.8 Å². The molecule has 1 aliphatic rings. The van der Waals surface area contributed by atoms with E-state index in [2.05, 4.69) is 47.6 Å². The first-order valence-electron chi connectivity index (χ1n) is 11.3. The van der Waals surface area contributed by atoms with Crippen molar-refractivity contribution < 1.29 is 0 Å². The fourth-order valence-corrected chi connectivity index (χ4v) is 4.03. The lowest BCUT2D eigenvalue weighted by Gasteiger charge is -2.24. The molecule has 0 aromatic heterocycles. The Morgan fingerprint density at radius 3 is 2.08 bits per heavy atom. The van der Waals surface area contributed by atoms with Crippen molar-refractivity contribution in [1.29, 1.82) is 0 Å². The third-order valence-electron chi connectivity index (χ3n) is 6.04. The van der Waals surface area contributed by atoms with Crippen LogP contribution in [0.15, 0.2) is 11.6 Å². The molecule has 1 aliphatic carbocycles.